The van der Waals surface area contributed by atoms with Crippen molar-refractivity contribution in [2.24, 2.45) is 0 Å². The minimum absolute atomic E-state index is 0.390. The molecule has 0 aromatic heterocycles. The van der Waals surface area contributed by atoms with E-state index >= 15 is 0 Å². The van der Waals surface area contributed by atoms with Gasteiger partial charge in [0.15, 0.2) is 0 Å². The lowest BCUT2D eigenvalue weighted by Gasteiger charge is -2.36. The molecule has 56 heavy (non-hydrogen) atoms. The molecular formula is C55H41N. The van der Waals surface area contributed by atoms with Gasteiger partial charge in [-0.15, -0.1) is 0 Å². The van der Waals surface area contributed by atoms with E-state index in [0.29, 0.717) is 0 Å². The molecule has 7 aromatic carbocycles. The van der Waals surface area contributed by atoms with Gasteiger partial charge in [0.05, 0.1) is 5.41 Å². The van der Waals surface area contributed by atoms with Crippen molar-refractivity contribution in [3.8, 4) is 22.3 Å². The molecule has 0 fully saturated rings. The summed E-state index contributed by atoms with van der Waals surface area (Å²) in [6.07, 6.45) is 11.1. The molecule has 1 heteroatoms. The molecule has 4 aliphatic carbocycles. The summed E-state index contributed by atoms with van der Waals surface area (Å²) in [5.74, 6) is 0. The zero-order valence-corrected chi connectivity index (χ0v) is 31.3. The molecule has 1 spiro atoms. The standard InChI is InChI=1S/C55H41N/c1-4-16-38(17-5-1)39-28-30-42(31-29-39)56(43-32-34-45(40-18-6-2-7-19-40)50(36-43)41-20-8-3-9-21-41)44-33-35-49-48-24-12-15-27-53(48)55(54(49)37-44)51-25-13-10-22-46(51)47-23-11-14-26-52(47)55/h1-28,30,33,35-37H,29,31-32,34H2. The molecule has 0 bridgehead atoms. The van der Waals surface area contributed by atoms with Crippen LogP contribution in [-0.4, -0.2) is 0 Å². The number of hydrogen-bond acceptors (Lipinski definition) is 1. The molecular weight excluding hydrogens is 675 g/mol. The zero-order valence-electron chi connectivity index (χ0n) is 31.3. The lowest BCUT2D eigenvalue weighted by molar-refractivity contribution is 0.791. The molecule has 0 atom stereocenters. The van der Waals surface area contributed by atoms with Crippen LogP contribution in [0.2, 0.25) is 0 Å². The van der Waals surface area contributed by atoms with Gasteiger partial charge < -0.3 is 4.90 Å². The molecule has 11 rings (SSSR count). The molecule has 1 nitrogen and oxygen atoms in total. The van der Waals surface area contributed by atoms with Gasteiger partial charge >= 0.3 is 0 Å². The minimum atomic E-state index is -0.390. The zero-order chi connectivity index (χ0) is 37.1. The summed E-state index contributed by atoms with van der Waals surface area (Å²) < 4.78 is 0. The van der Waals surface area contributed by atoms with E-state index in [1.165, 1.54) is 95.0 Å². The lowest BCUT2D eigenvalue weighted by Crippen LogP contribution is -2.27. The number of allylic oxidation sites excluding steroid dienone is 8. The fourth-order valence-corrected chi connectivity index (χ4v) is 10.1. The van der Waals surface area contributed by atoms with Crippen molar-refractivity contribution in [1.82, 2.24) is 0 Å². The third kappa shape index (κ3) is 5.01. The first-order valence-corrected chi connectivity index (χ1v) is 20.0. The Bertz CT molecular complexity index is 2720. The lowest BCUT2D eigenvalue weighted by atomic mass is 9.70. The first kappa shape index (κ1) is 32.7. The molecule has 266 valence electrons. The molecule has 7 aromatic rings. The highest BCUT2D eigenvalue weighted by Crippen LogP contribution is 2.63. The molecule has 0 amide bonds. The number of anilines is 1. The molecule has 0 unspecified atom stereocenters. The Kier molecular flexibility index (Phi) is 7.74. The van der Waals surface area contributed by atoms with Crippen molar-refractivity contribution >= 4 is 22.4 Å². The van der Waals surface area contributed by atoms with Crippen molar-refractivity contribution in [2.45, 2.75) is 31.1 Å². The quantitative estimate of drug-likeness (QED) is 0.166. The Morgan fingerprint density at radius 2 is 0.875 bits per heavy atom. The van der Waals surface area contributed by atoms with Crippen molar-refractivity contribution in [3.05, 3.63) is 251 Å². The predicted molar refractivity (Wildman–Crippen MR) is 234 cm³/mol. The van der Waals surface area contributed by atoms with E-state index in [0.717, 1.165) is 25.7 Å². The number of fused-ring (bicyclic) bond motifs is 10. The second kappa shape index (κ2) is 13.3. The van der Waals surface area contributed by atoms with E-state index in [1.54, 1.807) is 0 Å². The van der Waals surface area contributed by atoms with Crippen LogP contribution in [0.25, 0.3) is 39.0 Å². The molecule has 4 aliphatic rings. The summed E-state index contributed by atoms with van der Waals surface area (Å²) >= 11 is 0. The summed E-state index contributed by atoms with van der Waals surface area (Å²) in [7, 11) is 0. The Morgan fingerprint density at radius 1 is 0.375 bits per heavy atom. The van der Waals surface area contributed by atoms with E-state index in [9.17, 15) is 0 Å². The average molecular weight is 716 g/mol. The number of benzene rings is 7. The van der Waals surface area contributed by atoms with Gasteiger partial charge in [-0.1, -0.05) is 176 Å². The molecule has 0 saturated carbocycles. The Labute approximate surface area is 329 Å². The van der Waals surface area contributed by atoms with Crippen LogP contribution in [0.3, 0.4) is 0 Å². The maximum Gasteiger partial charge on any atom is 0.0726 e. The summed E-state index contributed by atoms with van der Waals surface area (Å²) in [5.41, 5.74) is 22.3. The van der Waals surface area contributed by atoms with Crippen molar-refractivity contribution in [3.63, 3.8) is 0 Å². The van der Waals surface area contributed by atoms with Crippen molar-refractivity contribution < 1.29 is 0 Å². The SMILES string of the molecule is C1=C(c2ccccc2)CCC(N(C2=CC(c3ccccc3)=C(c3ccccc3)CC2)c2ccc3c(c2)C2(c4ccccc4-c4ccccc42)c2ccccc2-3)=C1. The maximum atomic E-state index is 2.62. The first-order chi connectivity index (χ1) is 27.8. The van der Waals surface area contributed by atoms with Gasteiger partial charge in [0, 0.05) is 17.1 Å². The predicted octanol–water partition coefficient (Wildman–Crippen LogP) is 13.9. The number of hydrogen-bond donors (Lipinski definition) is 0. The van der Waals surface area contributed by atoms with Crippen LogP contribution < -0.4 is 4.90 Å². The highest BCUT2D eigenvalue weighted by Gasteiger charge is 2.51. The second-order valence-corrected chi connectivity index (χ2v) is 15.4. The van der Waals surface area contributed by atoms with Crippen LogP contribution in [-0.2, 0) is 5.41 Å². The van der Waals surface area contributed by atoms with Crippen LogP contribution >= 0.6 is 0 Å². The number of rotatable bonds is 6. The van der Waals surface area contributed by atoms with Crippen molar-refractivity contribution in [2.75, 3.05) is 4.90 Å². The smallest absolute Gasteiger partial charge is 0.0726 e. The molecule has 0 N–H and O–H groups in total. The first-order valence-electron chi connectivity index (χ1n) is 20.0. The third-order valence-electron chi connectivity index (χ3n) is 12.6. The normalized spacial score (nSPS) is 16.0. The fraction of sp³-hybridized carbons (Fsp3) is 0.0909. The van der Waals surface area contributed by atoms with E-state index in [4.69, 9.17) is 0 Å². The van der Waals surface area contributed by atoms with Crippen LogP contribution in [0, 0.1) is 0 Å². The third-order valence-corrected chi connectivity index (χ3v) is 12.6. The van der Waals surface area contributed by atoms with E-state index in [2.05, 4.69) is 205 Å². The monoisotopic (exact) mass is 715 g/mol. The van der Waals surface area contributed by atoms with Crippen LogP contribution in [0.15, 0.2) is 212 Å². The van der Waals surface area contributed by atoms with E-state index in [1.807, 2.05) is 0 Å². The van der Waals surface area contributed by atoms with Gasteiger partial charge in [0.1, 0.15) is 0 Å². The Hall–Kier alpha value is -6.70. The average Bonchev–Trinajstić information content (AvgIpc) is 3.75. The highest BCUT2D eigenvalue weighted by molar-refractivity contribution is 5.99. The topological polar surface area (TPSA) is 3.24 Å². The molecule has 0 aliphatic heterocycles. The summed E-state index contributed by atoms with van der Waals surface area (Å²) in [6.45, 7) is 0. The second-order valence-electron chi connectivity index (χ2n) is 15.4. The Balaban J connectivity index is 1.14. The summed E-state index contributed by atoms with van der Waals surface area (Å²) in [5, 5.41) is 0. The van der Waals surface area contributed by atoms with E-state index < -0.39 is 5.41 Å². The largest absolute Gasteiger partial charge is 0.318 e. The summed E-state index contributed by atoms with van der Waals surface area (Å²) in [4.78, 5) is 2.62. The molecule has 0 radical (unpaired) electrons. The van der Waals surface area contributed by atoms with Gasteiger partial charge in [-0.05, 0) is 128 Å². The Morgan fingerprint density at radius 3 is 1.45 bits per heavy atom. The van der Waals surface area contributed by atoms with Gasteiger partial charge in [-0.2, -0.15) is 0 Å². The van der Waals surface area contributed by atoms with Gasteiger partial charge in [-0.25, -0.2) is 0 Å². The van der Waals surface area contributed by atoms with Crippen LogP contribution in [0.1, 0.15) is 64.6 Å². The van der Waals surface area contributed by atoms with Gasteiger partial charge in [0.2, 0.25) is 0 Å². The number of nitrogens with zero attached hydrogens (tertiary/aromatic N) is 1. The van der Waals surface area contributed by atoms with Crippen LogP contribution in [0.4, 0.5) is 5.69 Å². The fourth-order valence-electron chi connectivity index (χ4n) is 10.1. The van der Waals surface area contributed by atoms with Crippen LogP contribution in [0.5, 0.6) is 0 Å². The van der Waals surface area contributed by atoms with Gasteiger partial charge in [0.25, 0.3) is 0 Å². The van der Waals surface area contributed by atoms with Gasteiger partial charge in [-0.3, -0.25) is 0 Å². The minimum Gasteiger partial charge on any atom is -0.318 e. The maximum absolute atomic E-state index is 2.62. The molecule has 0 heterocycles. The van der Waals surface area contributed by atoms with Crippen molar-refractivity contribution in [1.29, 1.82) is 0 Å². The van der Waals surface area contributed by atoms with E-state index in [-0.39, 0.29) is 0 Å². The summed E-state index contributed by atoms with van der Waals surface area (Å²) in [6, 6.07) is 67.5. The molecule has 0 saturated heterocycles. The highest BCUT2D eigenvalue weighted by atomic mass is 15.2.